The van der Waals surface area contributed by atoms with Crippen LogP contribution in [0.3, 0.4) is 0 Å². The van der Waals surface area contributed by atoms with E-state index in [0.29, 0.717) is 18.6 Å². The van der Waals surface area contributed by atoms with Gasteiger partial charge in [0.05, 0.1) is 41.3 Å². The van der Waals surface area contributed by atoms with Crippen molar-refractivity contribution in [2.24, 2.45) is 15.0 Å². The van der Waals surface area contributed by atoms with Crippen molar-refractivity contribution in [1.29, 1.82) is 0 Å². The lowest BCUT2D eigenvalue weighted by Crippen LogP contribution is -2.15. The third-order valence-electron chi connectivity index (χ3n) is 8.92. The van der Waals surface area contributed by atoms with Gasteiger partial charge in [-0.1, -0.05) is 13.5 Å². The molecule has 1 aliphatic carbocycles. The van der Waals surface area contributed by atoms with Gasteiger partial charge >= 0.3 is 5.97 Å². The van der Waals surface area contributed by atoms with Crippen LogP contribution in [-0.2, 0) is 9.53 Å². The Morgan fingerprint density at radius 1 is 1.00 bits per heavy atom. The second-order valence-corrected chi connectivity index (χ2v) is 11.5. The van der Waals surface area contributed by atoms with Gasteiger partial charge in [0, 0.05) is 40.2 Å². The summed E-state index contributed by atoms with van der Waals surface area (Å²) in [6.45, 7) is 16.7. The SMILES string of the molecule is C=C(C)c1c(C)c2[nH]c1=CC1=NC(=CC3=C(C)C4=C(O)CC(=C5N=C(C=2)C(C)=C5CCC(=O)OC)C4=N3)C(CC)=C1C. The topological polar surface area (TPSA) is 99.4 Å². The van der Waals surface area contributed by atoms with Crippen molar-refractivity contribution >= 4 is 40.8 Å². The number of aromatic amines is 1. The van der Waals surface area contributed by atoms with Gasteiger partial charge in [0.15, 0.2) is 0 Å². The molecule has 4 aliphatic heterocycles. The molecule has 0 saturated heterocycles. The molecule has 2 N–H and O–H groups in total. The fourth-order valence-corrected chi connectivity index (χ4v) is 6.62. The monoisotopic (exact) mass is 560 g/mol. The molecule has 7 nitrogen and oxygen atoms in total. The zero-order valence-electron chi connectivity index (χ0n) is 25.4. The number of ether oxygens (including phenoxy) is 1. The van der Waals surface area contributed by atoms with Crippen LogP contribution < -0.4 is 10.7 Å². The van der Waals surface area contributed by atoms with E-state index < -0.39 is 0 Å². The molecule has 1 aromatic heterocycles. The summed E-state index contributed by atoms with van der Waals surface area (Å²) in [4.78, 5) is 31.1. The van der Waals surface area contributed by atoms with Crippen molar-refractivity contribution in [3.8, 4) is 0 Å². The zero-order valence-corrected chi connectivity index (χ0v) is 25.4. The second kappa shape index (κ2) is 10.1. The van der Waals surface area contributed by atoms with Gasteiger partial charge in [0.2, 0.25) is 0 Å². The van der Waals surface area contributed by atoms with Crippen LogP contribution in [0.4, 0.5) is 0 Å². The number of carbonyl (C=O) groups is 1. The number of nitrogens with one attached hydrogen (secondary N) is 1. The summed E-state index contributed by atoms with van der Waals surface area (Å²) >= 11 is 0. The van der Waals surface area contributed by atoms with Crippen LogP contribution in [0.2, 0.25) is 0 Å². The molecule has 0 unspecified atom stereocenters. The summed E-state index contributed by atoms with van der Waals surface area (Å²) < 4.78 is 4.95. The normalized spacial score (nSPS) is 19.3. The Labute approximate surface area is 245 Å². The Bertz CT molecular complexity index is 1940. The number of nitrogens with zero attached hydrogens (tertiary/aromatic N) is 3. The van der Waals surface area contributed by atoms with Crippen molar-refractivity contribution in [1.82, 2.24) is 4.98 Å². The Kier molecular flexibility index (Phi) is 6.64. The van der Waals surface area contributed by atoms with Crippen molar-refractivity contribution in [2.45, 2.75) is 67.2 Å². The van der Waals surface area contributed by atoms with Gasteiger partial charge in [0.25, 0.3) is 0 Å². The molecule has 8 bridgehead atoms. The van der Waals surface area contributed by atoms with E-state index in [9.17, 15) is 9.90 Å². The van der Waals surface area contributed by atoms with Crippen LogP contribution in [0.1, 0.15) is 71.4 Å². The van der Waals surface area contributed by atoms with E-state index in [2.05, 4.69) is 44.5 Å². The average molecular weight is 561 g/mol. The molecule has 214 valence electrons. The van der Waals surface area contributed by atoms with Crippen LogP contribution in [0.5, 0.6) is 0 Å². The number of carbonyl (C=O) groups excluding carboxylic acids is 1. The molecular weight excluding hydrogens is 524 g/mol. The molecule has 0 aromatic carbocycles. The number of esters is 1. The summed E-state index contributed by atoms with van der Waals surface area (Å²) in [5.41, 5.74) is 14.9. The number of H-pyrrole nitrogens is 1. The molecule has 5 heterocycles. The number of hydrogen-bond acceptors (Lipinski definition) is 6. The minimum Gasteiger partial charge on any atom is -0.511 e. The maximum Gasteiger partial charge on any atom is 0.305 e. The molecule has 7 heteroatoms. The molecule has 1 aromatic rings. The van der Waals surface area contributed by atoms with Gasteiger partial charge in [-0.05, 0) is 105 Å². The number of allylic oxidation sites excluding steroid dienone is 9. The van der Waals surface area contributed by atoms with E-state index in [1.165, 1.54) is 12.7 Å². The van der Waals surface area contributed by atoms with Gasteiger partial charge in [-0.3, -0.25) is 4.79 Å². The van der Waals surface area contributed by atoms with Crippen molar-refractivity contribution in [3.05, 3.63) is 96.3 Å². The summed E-state index contributed by atoms with van der Waals surface area (Å²) in [6.07, 6.45) is 8.13. The number of fused-ring (bicyclic) bond motifs is 5. The van der Waals surface area contributed by atoms with Gasteiger partial charge in [-0.2, -0.15) is 0 Å². The highest BCUT2D eigenvalue weighted by atomic mass is 16.5. The third kappa shape index (κ3) is 4.18. The van der Waals surface area contributed by atoms with Crippen LogP contribution in [0.15, 0.2) is 89.5 Å². The fourth-order valence-electron chi connectivity index (χ4n) is 6.62. The van der Waals surface area contributed by atoms with Crippen molar-refractivity contribution in [2.75, 3.05) is 7.11 Å². The first-order chi connectivity index (χ1) is 20.0. The van der Waals surface area contributed by atoms with Crippen LogP contribution in [0, 0.1) is 6.92 Å². The third-order valence-corrected chi connectivity index (χ3v) is 8.92. The summed E-state index contributed by atoms with van der Waals surface area (Å²) in [7, 11) is 1.41. The van der Waals surface area contributed by atoms with E-state index in [1.807, 2.05) is 26.8 Å². The molecule has 5 aliphatic rings. The lowest BCUT2D eigenvalue weighted by Gasteiger charge is -2.09. The number of rotatable bonds is 5. The molecule has 42 heavy (non-hydrogen) atoms. The highest BCUT2D eigenvalue weighted by molar-refractivity contribution is 6.26. The second-order valence-electron chi connectivity index (χ2n) is 11.5. The molecule has 0 amide bonds. The van der Waals surface area contributed by atoms with E-state index in [0.717, 1.165) is 101 Å². The first-order valence-electron chi connectivity index (χ1n) is 14.4. The van der Waals surface area contributed by atoms with E-state index >= 15 is 0 Å². The number of aliphatic imine (C=N–C) groups is 3. The molecule has 0 fully saturated rings. The summed E-state index contributed by atoms with van der Waals surface area (Å²) in [6, 6.07) is 0. The smallest absolute Gasteiger partial charge is 0.305 e. The maximum atomic E-state index is 12.2. The Hall–Kier alpha value is -4.52. The van der Waals surface area contributed by atoms with Crippen LogP contribution in [-0.4, -0.2) is 40.3 Å². The number of aliphatic hydroxyl groups excluding tert-OH is 1. The van der Waals surface area contributed by atoms with Gasteiger partial charge in [-0.15, -0.1) is 0 Å². The number of methoxy groups -OCH3 is 1. The zero-order chi connectivity index (χ0) is 30.0. The predicted octanol–water partition coefficient (Wildman–Crippen LogP) is 5.92. The first kappa shape index (κ1) is 27.6. The van der Waals surface area contributed by atoms with E-state index in [-0.39, 0.29) is 12.4 Å². The lowest BCUT2D eigenvalue weighted by molar-refractivity contribution is -0.140. The van der Waals surface area contributed by atoms with Crippen molar-refractivity contribution in [3.63, 3.8) is 0 Å². The minimum absolute atomic E-state index is 0.238. The quantitative estimate of drug-likeness (QED) is 0.438. The molecule has 6 rings (SSSR count). The summed E-state index contributed by atoms with van der Waals surface area (Å²) in [5, 5.41) is 13.1. The fraction of sp³-hybridized carbons (Fsp3) is 0.314. The Morgan fingerprint density at radius 3 is 2.38 bits per heavy atom. The van der Waals surface area contributed by atoms with Crippen LogP contribution >= 0.6 is 0 Å². The standard InChI is InChI=1S/C35H36N4O3/c1-9-21-17(4)24-15-29-32(16(2)3)19(6)26(37-29)13-25-18(5)22(10-11-31(41)42-8)34(38-25)23-12-30(40)33-20(7)27(39-35(23)33)14-28(21)36-24/h13-15,37,40H,2,9-12H2,1,3-8H3. The highest BCUT2D eigenvalue weighted by Gasteiger charge is 2.37. The Balaban J connectivity index is 1.68. The van der Waals surface area contributed by atoms with Gasteiger partial charge in [-0.25, -0.2) is 15.0 Å². The van der Waals surface area contributed by atoms with Crippen molar-refractivity contribution < 1.29 is 14.6 Å². The number of aromatic nitrogens is 1. The maximum absolute atomic E-state index is 12.2. The minimum atomic E-state index is -0.272. The molecule has 0 radical (unpaired) electrons. The Morgan fingerprint density at radius 2 is 1.69 bits per heavy atom. The van der Waals surface area contributed by atoms with E-state index in [4.69, 9.17) is 19.7 Å². The molecular formula is C35H36N4O3. The predicted molar refractivity (Wildman–Crippen MR) is 170 cm³/mol. The largest absolute Gasteiger partial charge is 0.511 e. The lowest BCUT2D eigenvalue weighted by atomic mass is 9.96. The van der Waals surface area contributed by atoms with E-state index in [1.54, 1.807) is 0 Å². The number of hydrogen-bond donors (Lipinski definition) is 2. The van der Waals surface area contributed by atoms with Gasteiger partial charge < -0.3 is 14.8 Å². The molecule has 0 saturated carbocycles. The highest BCUT2D eigenvalue weighted by Crippen LogP contribution is 2.44. The van der Waals surface area contributed by atoms with Crippen LogP contribution in [0.25, 0.3) is 17.7 Å². The number of aliphatic hydroxyl groups is 1. The average Bonchev–Trinajstić information content (AvgIpc) is 3.70. The molecule has 0 atom stereocenters. The molecule has 0 spiro atoms. The van der Waals surface area contributed by atoms with Gasteiger partial charge in [0.1, 0.15) is 5.76 Å². The first-order valence-corrected chi connectivity index (χ1v) is 14.4. The summed E-state index contributed by atoms with van der Waals surface area (Å²) in [5.74, 6) is 0.0225.